The summed E-state index contributed by atoms with van der Waals surface area (Å²) in [7, 11) is 0. The summed E-state index contributed by atoms with van der Waals surface area (Å²) in [5.74, 6) is 0. The van der Waals surface area contributed by atoms with Crippen LogP contribution in [0.2, 0.25) is 0 Å². The van der Waals surface area contributed by atoms with Gasteiger partial charge in [-0.1, -0.05) is 0 Å². The van der Waals surface area contributed by atoms with Gasteiger partial charge < -0.3 is 72.0 Å². The predicted molar refractivity (Wildman–Crippen MR) is 171 cm³/mol. The molecule has 0 spiro atoms. The zero-order valence-electron chi connectivity index (χ0n) is 29.0. The number of aliphatic hydroxyl groups is 1. The molecule has 0 rings (SSSR count). The van der Waals surface area contributed by atoms with E-state index in [1.807, 2.05) is 20.8 Å². The summed E-state index contributed by atoms with van der Waals surface area (Å²) in [6.45, 7) is 17.2. The van der Waals surface area contributed by atoms with Crippen LogP contribution in [0, 0.1) is 0 Å². The molecule has 0 fully saturated rings. The van der Waals surface area contributed by atoms with Gasteiger partial charge in [0.05, 0.1) is 165 Å². The minimum atomic E-state index is -0.513. The standard InChI is InChI=1S/C31H63NO15/c1-31(2,3)47-30(34)32-4-6-35-8-10-37-12-14-39-16-18-41-20-22-43-24-26-45-28-29-46-27-25-44-23-21-42-19-17-40-15-13-38-11-9-36-7-5-33/h33H,4-29H2,1-3H3,(H,32,34). The Morgan fingerprint density at radius 2 is 0.617 bits per heavy atom. The van der Waals surface area contributed by atoms with E-state index in [0.29, 0.717) is 165 Å². The van der Waals surface area contributed by atoms with Gasteiger partial charge in [0.1, 0.15) is 5.60 Å². The number of aliphatic hydroxyl groups excluding tert-OH is 1. The third-order valence-electron chi connectivity index (χ3n) is 5.24. The summed E-state index contributed by atoms with van der Waals surface area (Å²) >= 11 is 0. The molecule has 0 heterocycles. The van der Waals surface area contributed by atoms with E-state index in [9.17, 15) is 4.79 Å². The molecule has 0 atom stereocenters. The lowest BCUT2D eigenvalue weighted by Crippen LogP contribution is -2.34. The number of alkyl carbamates (subject to hydrolysis) is 1. The quantitative estimate of drug-likeness (QED) is 0.0869. The Morgan fingerprint density at radius 3 is 0.830 bits per heavy atom. The minimum Gasteiger partial charge on any atom is -0.444 e. The molecule has 2 N–H and O–H groups in total. The average molecular weight is 690 g/mol. The third kappa shape index (κ3) is 42.7. The maximum absolute atomic E-state index is 11.5. The molecular formula is C31H63NO15. The molecule has 0 aliphatic carbocycles. The Labute approximate surface area is 281 Å². The highest BCUT2D eigenvalue weighted by Crippen LogP contribution is 2.06. The number of hydrogen-bond acceptors (Lipinski definition) is 15. The molecule has 0 aromatic carbocycles. The van der Waals surface area contributed by atoms with Crippen LogP contribution in [0.15, 0.2) is 0 Å². The normalized spacial score (nSPS) is 11.7. The number of carbonyl (C=O) groups excluding carboxylic acids is 1. The van der Waals surface area contributed by atoms with E-state index in [4.69, 9.17) is 66.7 Å². The van der Waals surface area contributed by atoms with E-state index in [-0.39, 0.29) is 6.61 Å². The fourth-order valence-corrected chi connectivity index (χ4v) is 3.13. The van der Waals surface area contributed by atoms with Gasteiger partial charge in [0.25, 0.3) is 0 Å². The first-order valence-electron chi connectivity index (χ1n) is 16.5. The summed E-state index contributed by atoms with van der Waals surface area (Å²) in [6, 6.07) is 0. The summed E-state index contributed by atoms with van der Waals surface area (Å²) < 4.78 is 70.0. The molecule has 0 unspecified atom stereocenters. The SMILES string of the molecule is CC(C)(C)OC(=O)NCCOCCOCCOCCOCCOCCOCCOCCOCCOCCOCCOCCOCCO. The van der Waals surface area contributed by atoms with Crippen LogP contribution in [0.25, 0.3) is 0 Å². The Morgan fingerprint density at radius 1 is 0.404 bits per heavy atom. The van der Waals surface area contributed by atoms with Crippen molar-refractivity contribution in [3.8, 4) is 0 Å². The molecule has 0 saturated heterocycles. The van der Waals surface area contributed by atoms with Crippen LogP contribution in [0.5, 0.6) is 0 Å². The molecule has 0 saturated carbocycles. The van der Waals surface area contributed by atoms with Gasteiger partial charge in [0.15, 0.2) is 0 Å². The number of rotatable bonds is 38. The molecule has 0 aliphatic rings. The number of hydrogen-bond donors (Lipinski definition) is 2. The largest absolute Gasteiger partial charge is 0.444 e. The van der Waals surface area contributed by atoms with Crippen molar-refractivity contribution >= 4 is 6.09 Å². The lowest BCUT2D eigenvalue weighted by Gasteiger charge is -2.19. The van der Waals surface area contributed by atoms with Gasteiger partial charge in [0.2, 0.25) is 0 Å². The van der Waals surface area contributed by atoms with Gasteiger partial charge in [-0.15, -0.1) is 0 Å². The molecular weight excluding hydrogens is 626 g/mol. The highest BCUT2D eigenvalue weighted by atomic mass is 16.6. The summed E-state index contributed by atoms with van der Waals surface area (Å²) in [5, 5.41) is 11.2. The van der Waals surface area contributed by atoms with Crippen LogP contribution in [0.4, 0.5) is 4.79 Å². The molecule has 0 radical (unpaired) electrons. The molecule has 16 nitrogen and oxygen atoms in total. The number of nitrogens with one attached hydrogen (secondary N) is 1. The van der Waals surface area contributed by atoms with Gasteiger partial charge in [-0.05, 0) is 20.8 Å². The predicted octanol–water partition coefficient (Wildman–Crippen LogP) is 0.703. The van der Waals surface area contributed by atoms with Gasteiger partial charge >= 0.3 is 6.09 Å². The second-order valence-electron chi connectivity index (χ2n) is 10.5. The fourth-order valence-electron chi connectivity index (χ4n) is 3.13. The smallest absolute Gasteiger partial charge is 0.407 e. The van der Waals surface area contributed by atoms with Gasteiger partial charge in [-0.3, -0.25) is 0 Å². The van der Waals surface area contributed by atoms with E-state index in [1.54, 1.807) is 0 Å². The fraction of sp³-hybridized carbons (Fsp3) is 0.968. The lowest BCUT2D eigenvalue weighted by atomic mass is 10.2. The third-order valence-corrected chi connectivity index (χ3v) is 5.24. The molecule has 0 aliphatic heterocycles. The van der Waals surface area contributed by atoms with Crippen molar-refractivity contribution in [3.05, 3.63) is 0 Å². The van der Waals surface area contributed by atoms with Crippen molar-refractivity contribution in [1.82, 2.24) is 5.32 Å². The van der Waals surface area contributed by atoms with Gasteiger partial charge in [-0.2, -0.15) is 0 Å². The monoisotopic (exact) mass is 689 g/mol. The zero-order valence-corrected chi connectivity index (χ0v) is 29.0. The zero-order chi connectivity index (χ0) is 34.4. The van der Waals surface area contributed by atoms with Crippen LogP contribution >= 0.6 is 0 Å². The van der Waals surface area contributed by atoms with Crippen molar-refractivity contribution in [2.75, 3.05) is 172 Å². The number of ether oxygens (including phenoxy) is 13. The summed E-state index contributed by atoms with van der Waals surface area (Å²) in [6.07, 6.45) is -0.454. The highest BCUT2D eigenvalue weighted by molar-refractivity contribution is 5.67. The first-order chi connectivity index (χ1) is 23.0. The summed E-state index contributed by atoms with van der Waals surface area (Å²) in [5.41, 5.74) is -0.513. The van der Waals surface area contributed by atoms with Crippen LogP contribution in [-0.2, 0) is 61.6 Å². The topological polar surface area (TPSA) is 169 Å². The van der Waals surface area contributed by atoms with Crippen molar-refractivity contribution in [1.29, 1.82) is 0 Å². The first-order valence-corrected chi connectivity index (χ1v) is 16.5. The van der Waals surface area contributed by atoms with E-state index in [2.05, 4.69) is 5.32 Å². The summed E-state index contributed by atoms with van der Waals surface area (Å²) in [4.78, 5) is 11.5. The molecule has 16 heteroatoms. The lowest BCUT2D eigenvalue weighted by molar-refractivity contribution is -0.0285. The van der Waals surface area contributed by atoms with Crippen LogP contribution in [0.1, 0.15) is 20.8 Å². The number of amides is 1. The maximum Gasteiger partial charge on any atom is 0.407 e. The van der Waals surface area contributed by atoms with E-state index >= 15 is 0 Å². The molecule has 47 heavy (non-hydrogen) atoms. The van der Waals surface area contributed by atoms with E-state index < -0.39 is 11.7 Å². The van der Waals surface area contributed by atoms with Crippen molar-refractivity contribution in [3.63, 3.8) is 0 Å². The van der Waals surface area contributed by atoms with E-state index in [1.165, 1.54) is 0 Å². The van der Waals surface area contributed by atoms with Gasteiger partial charge in [0, 0.05) is 6.54 Å². The van der Waals surface area contributed by atoms with Crippen molar-refractivity contribution < 1.29 is 71.5 Å². The Kier molecular flexibility index (Phi) is 36.6. The molecule has 0 aromatic rings. The molecule has 0 aromatic heterocycles. The van der Waals surface area contributed by atoms with Gasteiger partial charge in [-0.25, -0.2) is 4.79 Å². The molecule has 1 amide bonds. The minimum absolute atomic E-state index is 0.0213. The maximum atomic E-state index is 11.5. The second-order valence-corrected chi connectivity index (χ2v) is 10.5. The van der Waals surface area contributed by atoms with Crippen molar-refractivity contribution in [2.45, 2.75) is 26.4 Å². The Balaban J connectivity index is 3.09. The second kappa shape index (κ2) is 37.6. The van der Waals surface area contributed by atoms with Crippen molar-refractivity contribution in [2.24, 2.45) is 0 Å². The van der Waals surface area contributed by atoms with E-state index in [0.717, 1.165) is 0 Å². The number of carbonyl (C=O) groups is 1. The molecule has 0 bridgehead atoms. The van der Waals surface area contributed by atoms with Crippen LogP contribution in [0.3, 0.4) is 0 Å². The highest BCUT2D eigenvalue weighted by Gasteiger charge is 2.15. The Hall–Kier alpha value is -1.25. The van der Waals surface area contributed by atoms with Crippen LogP contribution in [-0.4, -0.2) is 189 Å². The molecule has 282 valence electrons. The Bertz CT molecular complexity index is 628. The average Bonchev–Trinajstić information content (AvgIpc) is 3.03. The first kappa shape index (κ1) is 45.8. The van der Waals surface area contributed by atoms with Crippen LogP contribution < -0.4 is 5.32 Å².